The highest BCUT2D eigenvalue weighted by atomic mass is 19.1. The zero-order chi connectivity index (χ0) is 14.2. The standard InChI is InChI=1S/C16H15FO2/c1-9-4-10(2)6-12(5-9)14-7-13(16(18)19)8-15(17)11(14)3/h4-8H,1-3H3,(H,18,19). The van der Waals surface area contributed by atoms with Gasteiger partial charge in [0.2, 0.25) is 0 Å². The van der Waals surface area contributed by atoms with Crippen LogP contribution in [-0.4, -0.2) is 11.1 Å². The van der Waals surface area contributed by atoms with E-state index in [0.29, 0.717) is 11.1 Å². The van der Waals surface area contributed by atoms with Crippen LogP contribution < -0.4 is 0 Å². The molecule has 2 aromatic carbocycles. The molecule has 0 atom stereocenters. The van der Waals surface area contributed by atoms with Gasteiger partial charge in [-0.1, -0.05) is 29.3 Å². The molecule has 0 saturated heterocycles. The Labute approximate surface area is 111 Å². The fraction of sp³-hybridized carbons (Fsp3) is 0.188. The maximum absolute atomic E-state index is 13.8. The summed E-state index contributed by atoms with van der Waals surface area (Å²) in [6.07, 6.45) is 0. The molecule has 98 valence electrons. The fourth-order valence-corrected chi connectivity index (χ4v) is 2.23. The normalized spacial score (nSPS) is 10.5. The van der Waals surface area contributed by atoms with E-state index in [9.17, 15) is 9.18 Å². The number of halogens is 1. The molecule has 0 aliphatic rings. The molecule has 0 spiro atoms. The first-order valence-electron chi connectivity index (χ1n) is 6.00. The average Bonchev–Trinajstić information content (AvgIpc) is 2.30. The lowest BCUT2D eigenvalue weighted by atomic mass is 9.95. The van der Waals surface area contributed by atoms with Gasteiger partial charge in [-0.3, -0.25) is 0 Å². The van der Waals surface area contributed by atoms with Crippen molar-refractivity contribution in [2.24, 2.45) is 0 Å². The van der Waals surface area contributed by atoms with Gasteiger partial charge in [0.05, 0.1) is 5.56 Å². The average molecular weight is 258 g/mol. The van der Waals surface area contributed by atoms with Gasteiger partial charge in [0.1, 0.15) is 5.82 Å². The molecule has 0 heterocycles. The maximum Gasteiger partial charge on any atom is 0.335 e. The Kier molecular flexibility index (Phi) is 3.38. The van der Waals surface area contributed by atoms with Gasteiger partial charge in [-0.25, -0.2) is 9.18 Å². The summed E-state index contributed by atoms with van der Waals surface area (Å²) in [5.41, 5.74) is 4.04. The molecule has 3 heteroatoms. The smallest absolute Gasteiger partial charge is 0.335 e. The third-order valence-corrected chi connectivity index (χ3v) is 3.12. The van der Waals surface area contributed by atoms with E-state index in [1.165, 1.54) is 6.07 Å². The Hall–Kier alpha value is -2.16. The highest BCUT2D eigenvalue weighted by Gasteiger charge is 2.13. The van der Waals surface area contributed by atoms with Crippen LogP contribution in [0.4, 0.5) is 4.39 Å². The zero-order valence-corrected chi connectivity index (χ0v) is 11.1. The van der Waals surface area contributed by atoms with Gasteiger partial charge < -0.3 is 5.11 Å². The van der Waals surface area contributed by atoms with Crippen molar-refractivity contribution in [2.75, 3.05) is 0 Å². The molecule has 0 radical (unpaired) electrons. The summed E-state index contributed by atoms with van der Waals surface area (Å²) in [5.74, 6) is -1.61. The van der Waals surface area contributed by atoms with Crippen molar-refractivity contribution < 1.29 is 14.3 Å². The van der Waals surface area contributed by atoms with E-state index in [4.69, 9.17) is 5.11 Å². The van der Waals surface area contributed by atoms with Crippen molar-refractivity contribution in [3.63, 3.8) is 0 Å². The van der Waals surface area contributed by atoms with Crippen molar-refractivity contribution in [1.82, 2.24) is 0 Å². The predicted molar refractivity (Wildman–Crippen MR) is 73.0 cm³/mol. The highest BCUT2D eigenvalue weighted by Crippen LogP contribution is 2.28. The van der Waals surface area contributed by atoms with E-state index < -0.39 is 11.8 Å². The van der Waals surface area contributed by atoms with Crippen LogP contribution in [0.1, 0.15) is 27.0 Å². The SMILES string of the molecule is Cc1cc(C)cc(-c2cc(C(=O)O)cc(F)c2C)c1. The predicted octanol–water partition coefficient (Wildman–Crippen LogP) is 4.12. The molecule has 0 amide bonds. The number of carboxylic acid groups (broad SMARTS) is 1. The summed E-state index contributed by atoms with van der Waals surface area (Å²) in [7, 11) is 0. The Bertz CT molecular complexity index is 640. The molecule has 0 bridgehead atoms. The van der Waals surface area contributed by atoms with Gasteiger partial charge in [0.25, 0.3) is 0 Å². The topological polar surface area (TPSA) is 37.3 Å². The Balaban J connectivity index is 2.70. The fourth-order valence-electron chi connectivity index (χ4n) is 2.23. The molecule has 0 fully saturated rings. The van der Waals surface area contributed by atoms with Crippen LogP contribution in [0.15, 0.2) is 30.3 Å². The van der Waals surface area contributed by atoms with Crippen molar-refractivity contribution in [3.8, 4) is 11.1 Å². The third kappa shape index (κ3) is 2.65. The van der Waals surface area contributed by atoms with Crippen molar-refractivity contribution >= 4 is 5.97 Å². The van der Waals surface area contributed by atoms with Gasteiger partial charge in [0.15, 0.2) is 0 Å². The molecule has 2 rings (SSSR count). The third-order valence-electron chi connectivity index (χ3n) is 3.12. The van der Waals surface area contributed by atoms with E-state index in [-0.39, 0.29) is 5.56 Å². The van der Waals surface area contributed by atoms with Crippen LogP contribution in [0, 0.1) is 26.6 Å². The maximum atomic E-state index is 13.8. The lowest BCUT2D eigenvalue weighted by Crippen LogP contribution is -2.00. The first-order chi connectivity index (χ1) is 8.88. The van der Waals surface area contributed by atoms with Gasteiger partial charge in [-0.05, 0) is 49.6 Å². The van der Waals surface area contributed by atoms with E-state index in [2.05, 4.69) is 0 Å². The number of hydrogen-bond acceptors (Lipinski definition) is 1. The summed E-state index contributed by atoms with van der Waals surface area (Å²) >= 11 is 0. The number of aryl methyl sites for hydroxylation is 2. The van der Waals surface area contributed by atoms with Crippen molar-refractivity contribution in [3.05, 3.63) is 58.4 Å². The molecule has 0 saturated carbocycles. The van der Waals surface area contributed by atoms with Crippen molar-refractivity contribution in [2.45, 2.75) is 20.8 Å². The zero-order valence-electron chi connectivity index (χ0n) is 11.1. The largest absolute Gasteiger partial charge is 0.478 e. The quantitative estimate of drug-likeness (QED) is 0.879. The minimum absolute atomic E-state index is 0.0303. The molecule has 0 aliphatic carbocycles. The van der Waals surface area contributed by atoms with Crippen LogP contribution in [0.3, 0.4) is 0 Å². The molecule has 2 aromatic rings. The second-order valence-corrected chi connectivity index (χ2v) is 4.81. The second-order valence-electron chi connectivity index (χ2n) is 4.81. The molecule has 2 nitrogen and oxygen atoms in total. The number of aromatic carboxylic acids is 1. The van der Waals surface area contributed by atoms with Crippen LogP contribution in [0.25, 0.3) is 11.1 Å². The second kappa shape index (κ2) is 4.84. The lowest BCUT2D eigenvalue weighted by Gasteiger charge is -2.11. The Morgan fingerprint density at radius 3 is 2.11 bits per heavy atom. The first-order valence-corrected chi connectivity index (χ1v) is 6.00. The van der Waals surface area contributed by atoms with E-state index in [1.807, 2.05) is 32.0 Å². The molecular weight excluding hydrogens is 243 g/mol. The van der Waals surface area contributed by atoms with Gasteiger partial charge in [-0.2, -0.15) is 0 Å². The lowest BCUT2D eigenvalue weighted by molar-refractivity contribution is 0.0696. The number of carbonyl (C=O) groups is 1. The number of carboxylic acids is 1. The number of benzene rings is 2. The van der Waals surface area contributed by atoms with E-state index in [0.717, 1.165) is 22.8 Å². The van der Waals surface area contributed by atoms with Crippen molar-refractivity contribution in [1.29, 1.82) is 0 Å². The van der Waals surface area contributed by atoms with Gasteiger partial charge in [-0.15, -0.1) is 0 Å². The monoisotopic (exact) mass is 258 g/mol. The molecule has 1 N–H and O–H groups in total. The van der Waals surface area contributed by atoms with E-state index in [1.54, 1.807) is 6.92 Å². The Morgan fingerprint density at radius 1 is 1.00 bits per heavy atom. The first kappa shape index (κ1) is 13.3. The summed E-state index contributed by atoms with van der Waals surface area (Å²) in [4.78, 5) is 11.0. The van der Waals surface area contributed by atoms with Crippen LogP contribution in [-0.2, 0) is 0 Å². The molecule has 0 unspecified atom stereocenters. The van der Waals surface area contributed by atoms with Gasteiger partial charge >= 0.3 is 5.97 Å². The summed E-state index contributed by atoms with van der Waals surface area (Å²) in [5, 5.41) is 9.01. The molecule has 0 aliphatic heterocycles. The molecule has 0 aromatic heterocycles. The summed E-state index contributed by atoms with van der Waals surface area (Å²) < 4.78 is 13.8. The minimum atomic E-state index is -1.12. The minimum Gasteiger partial charge on any atom is -0.478 e. The Morgan fingerprint density at radius 2 is 1.58 bits per heavy atom. The highest BCUT2D eigenvalue weighted by molar-refractivity contribution is 5.90. The van der Waals surface area contributed by atoms with Crippen LogP contribution in [0.5, 0.6) is 0 Å². The molecule has 19 heavy (non-hydrogen) atoms. The summed E-state index contributed by atoms with van der Waals surface area (Å²) in [6, 6.07) is 8.47. The number of rotatable bonds is 2. The number of hydrogen-bond donors (Lipinski definition) is 1. The van der Waals surface area contributed by atoms with Gasteiger partial charge in [0, 0.05) is 0 Å². The van der Waals surface area contributed by atoms with Crippen LogP contribution in [0.2, 0.25) is 0 Å². The summed E-state index contributed by atoms with van der Waals surface area (Å²) in [6.45, 7) is 5.58. The van der Waals surface area contributed by atoms with E-state index >= 15 is 0 Å². The molecular formula is C16H15FO2. The van der Waals surface area contributed by atoms with Crippen LogP contribution >= 0.6 is 0 Å².